The highest BCUT2D eigenvalue weighted by Gasteiger charge is 2.32. The van der Waals surface area contributed by atoms with Gasteiger partial charge in [-0.1, -0.05) is 162 Å². The van der Waals surface area contributed by atoms with Crippen molar-refractivity contribution in [2.24, 2.45) is 42.3 Å². The molecule has 0 atom stereocenters. The van der Waals surface area contributed by atoms with Gasteiger partial charge < -0.3 is 0 Å². The number of hydrogen-bond acceptors (Lipinski definition) is 0. The lowest BCUT2D eigenvalue weighted by molar-refractivity contribution is -0.659. The maximum absolute atomic E-state index is 15.1. The van der Waals surface area contributed by atoms with Crippen LogP contribution in [0.5, 0.6) is 0 Å². The second kappa shape index (κ2) is 41.5. The number of fused-ring (bicyclic) bond motifs is 6. The Kier molecular flexibility index (Phi) is 30.7. The SMILES string of the molecule is Cc1cc(C)c(F)c(-c2c3cc(C(C)C)ccc3cc[n+]2C)c1C.Cc1cc(C)c(F)c(-c2c3ccc(C(C)C)cc3cc[n+]2C)c1C.Cc1cc(C)c(F)c(-c2c3cccc(C(C)C)c3cc[n+]2C)c1C.Cc1cc(C)c(F)c(-c2c3cccc(C)c3cc[n+]2C)c1C.Cc1cc(C)c(F)c(-c2c3ccccc3c(C)c[n+]2C)c1C.Cc1ccc2c(-c3c(C)c(C)cc(C)c3F)[n+](C)ccc2c1. The van der Waals surface area contributed by atoms with Crippen LogP contribution in [-0.4, -0.2) is 0 Å². The largest absolute Gasteiger partial charge is 0.223 e. The fourth-order valence-electron chi connectivity index (χ4n) is 20.0. The fraction of sp³-hybridized carbons (Fsp3) is 0.286. The summed E-state index contributed by atoms with van der Waals surface area (Å²) < 4.78 is 102. The Morgan fingerprint density at radius 2 is 0.478 bits per heavy atom. The molecule has 0 unspecified atom stereocenters. The van der Waals surface area contributed by atoms with Gasteiger partial charge in [0.1, 0.15) is 77.2 Å². The predicted octanol–water partition coefficient (Wildman–Crippen LogP) is 30.7. The van der Waals surface area contributed by atoms with Crippen molar-refractivity contribution in [1.29, 1.82) is 0 Å². The molecule has 0 amide bonds. The van der Waals surface area contributed by atoms with Crippen molar-refractivity contribution in [3.8, 4) is 67.5 Å². The maximum Gasteiger partial charge on any atom is 0.223 e. The van der Waals surface area contributed by atoms with Crippen molar-refractivity contribution in [3.63, 3.8) is 0 Å². The molecule has 18 aromatic rings. The van der Waals surface area contributed by atoms with Gasteiger partial charge in [0.05, 0.1) is 65.7 Å². The van der Waals surface area contributed by atoms with Crippen molar-refractivity contribution < 1.29 is 53.7 Å². The molecule has 0 saturated carbocycles. The van der Waals surface area contributed by atoms with Crippen LogP contribution in [0.3, 0.4) is 0 Å². The Balaban J connectivity index is 0.000000140. The summed E-state index contributed by atoms with van der Waals surface area (Å²) in [5.41, 5.74) is 34.5. The van der Waals surface area contributed by atoms with Crippen LogP contribution >= 0.6 is 0 Å². The Hall–Kier alpha value is -13.3. The number of aromatic nitrogens is 6. The number of hydrogen-bond donors (Lipinski definition) is 0. The van der Waals surface area contributed by atoms with E-state index in [0.29, 0.717) is 51.1 Å². The van der Waals surface area contributed by atoms with Crippen LogP contribution in [0, 0.1) is 180 Å². The van der Waals surface area contributed by atoms with Crippen LogP contribution in [0.2, 0.25) is 0 Å². The first-order valence-corrected chi connectivity index (χ1v) is 48.2. The summed E-state index contributed by atoms with van der Waals surface area (Å²) in [5, 5.41) is 13.6. The third kappa shape index (κ3) is 20.0. The van der Waals surface area contributed by atoms with Gasteiger partial charge in [-0.05, 0) is 354 Å². The fourth-order valence-corrected chi connectivity index (χ4v) is 20.0. The Morgan fingerprint density at radius 3 is 0.855 bits per heavy atom. The molecular weight excluding hydrogens is 1710 g/mol. The minimum Gasteiger partial charge on any atom is -0.206 e. The summed E-state index contributed by atoms with van der Waals surface area (Å²) in [6.45, 7) is 54.8. The number of rotatable bonds is 9. The summed E-state index contributed by atoms with van der Waals surface area (Å²) in [6.07, 6.45) is 12.2. The molecule has 138 heavy (non-hydrogen) atoms. The third-order valence-electron chi connectivity index (χ3n) is 28.7. The average molecular weight is 1850 g/mol. The summed E-state index contributed by atoms with van der Waals surface area (Å²) in [4.78, 5) is 0. The van der Waals surface area contributed by atoms with Gasteiger partial charge in [-0.2, -0.15) is 0 Å². The minimum atomic E-state index is -0.119. The predicted molar refractivity (Wildman–Crippen MR) is 565 cm³/mol. The first-order valence-electron chi connectivity index (χ1n) is 48.2. The van der Waals surface area contributed by atoms with Gasteiger partial charge in [-0.15, -0.1) is 0 Å². The molecule has 6 aromatic heterocycles. The molecule has 0 aliphatic rings. The van der Waals surface area contributed by atoms with Crippen LogP contribution in [0.1, 0.15) is 193 Å². The smallest absolute Gasteiger partial charge is 0.206 e. The van der Waals surface area contributed by atoms with Crippen molar-refractivity contribution in [2.45, 2.75) is 205 Å². The van der Waals surface area contributed by atoms with E-state index in [1.54, 1.807) is 0 Å². The van der Waals surface area contributed by atoms with Crippen molar-refractivity contribution >= 4 is 64.6 Å². The summed E-state index contributed by atoms with van der Waals surface area (Å²) >= 11 is 0. The lowest BCUT2D eigenvalue weighted by Gasteiger charge is -2.15. The van der Waals surface area contributed by atoms with Crippen molar-refractivity contribution in [1.82, 2.24) is 0 Å². The molecule has 0 radical (unpaired) electrons. The summed E-state index contributed by atoms with van der Waals surface area (Å²) in [6, 6.07) is 62.2. The van der Waals surface area contributed by atoms with Gasteiger partial charge in [0.25, 0.3) is 0 Å². The number of halogens is 6. The maximum atomic E-state index is 15.1. The first-order chi connectivity index (χ1) is 65.2. The van der Waals surface area contributed by atoms with Crippen LogP contribution in [0.25, 0.3) is 132 Å². The second-order valence-electron chi connectivity index (χ2n) is 39.7. The molecule has 0 N–H and O–H groups in total. The zero-order valence-electron chi connectivity index (χ0n) is 87.5. The number of benzene rings is 12. The lowest BCUT2D eigenvalue weighted by Crippen LogP contribution is -2.32. The Morgan fingerprint density at radius 1 is 0.196 bits per heavy atom. The highest BCUT2D eigenvalue weighted by Crippen LogP contribution is 2.43. The first kappa shape index (κ1) is 102. The number of aryl methyl sites for hydroxylation is 21. The zero-order chi connectivity index (χ0) is 101. The zero-order valence-corrected chi connectivity index (χ0v) is 87.5. The summed E-state index contributed by atoms with van der Waals surface area (Å²) in [5.74, 6) is 0.650. The second-order valence-corrected chi connectivity index (χ2v) is 39.7. The van der Waals surface area contributed by atoms with E-state index in [2.05, 4.69) is 210 Å². The average Bonchev–Trinajstić information content (AvgIpc) is 0.801. The van der Waals surface area contributed by atoms with Gasteiger partial charge in [-0.3, -0.25) is 0 Å². The molecule has 18 rings (SSSR count). The molecule has 708 valence electrons. The van der Waals surface area contributed by atoms with Crippen LogP contribution in [0.4, 0.5) is 26.3 Å². The topological polar surface area (TPSA) is 23.3 Å². The molecule has 6 nitrogen and oxygen atoms in total. The van der Waals surface area contributed by atoms with Crippen molar-refractivity contribution in [2.75, 3.05) is 0 Å². The molecule has 0 fully saturated rings. The van der Waals surface area contributed by atoms with E-state index in [-0.39, 0.29) is 34.9 Å². The molecule has 0 aliphatic carbocycles. The Bertz CT molecular complexity index is 7570. The van der Waals surface area contributed by atoms with Crippen LogP contribution in [0.15, 0.2) is 219 Å². The monoisotopic (exact) mass is 1850 g/mol. The van der Waals surface area contributed by atoms with Gasteiger partial charge in [0, 0.05) is 35.9 Å². The van der Waals surface area contributed by atoms with Crippen molar-refractivity contribution in [3.05, 3.63) is 388 Å². The molecule has 0 aliphatic heterocycles. The van der Waals surface area contributed by atoms with E-state index in [1.807, 2.05) is 266 Å². The van der Waals surface area contributed by atoms with E-state index in [1.165, 1.54) is 49.5 Å². The molecular formula is C126H138F6N6+6. The van der Waals surface area contributed by atoms with E-state index in [4.69, 9.17) is 0 Å². The molecule has 0 bridgehead atoms. The van der Waals surface area contributed by atoms with E-state index < -0.39 is 0 Å². The molecule has 12 aromatic carbocycles. The quantitative estimate of drug-likeness (QED) is 0.102. The van der Waals surface area contributed by atoms with Gasteiger partial charge >= 0.3 is 0 Å². The highest BCUT2D eigenvalue weighted by molar-refractivity contribution is 6.01. The van der Waals surface area contributed by atoms with E-state index >= 15 is 13.2 Å². The van der Waals surface area contributed by atoms with Gasteiger partial charge in [-0.25, -0.2) is 53.7 Å². The molecule has 0 spiro atoms. The summed E-state index contributed by atoms with van der Waals surface area (Å²) in [7, 11) is 11.9. The Labute approximate surface area is 815 Å². The highest BCUT2D eigenvalue weighted by atomic mass is 19.1. The molecule has 0 saturated heterocycles. The van der Waals surface area contributed by atoms with E-state index in [0.717, 1.165) is 183 Å². The van der Waals surface area contributed by atoms with Gasteiger partial charge in [0.2, 0.25) is 34.2 Å². The van der Waals surface area contributed by atoms with Crippen LogP contribution in [-0.2, 0) is 42.3 Å². The van der Waals surface area contributed by atoms with Gasteiger partial charge in [0.15, 0.2) is 37.2 Å². The molecule has 12 heteroatoms. The van der Waals surface area contributed by atoms with Crippen LogP contribution < -0.4 is 27.4 Å². The standard InChI is InChI=1S/3C22H25FN.3C20H21FN/c1-13(2)17-7-8-19-18(12-17)9-10-24(6)22(19)20-16(5)14(3)11-15(4)21(20)23;1-13(2)18-8-7-17-9-10-24(6)22(19(17)12-18)20-16(5)14(3)11-15(4)21(20)23;1-13(2)17-8-7-9-19-18(17)10-11-24(6)22(19)20-16(5)14(3)12-15(4)21(20)23;1-12-6-7-17-16(10-12)8-9-22(5)20(17)18-15(4)13(2)11-14(3)19(18)21;1-12-7-6-8-17-16(12)9-10-22(5)20(17)18-15(4)13(2)11-14(3)19(18)21;1-12-10-13(2)19(21)18(15(12)4)20-17-9-7-6-8-16(17)14(3)11-22(20)5/h3*7-13H,1-6H3;3*6-11H,1-5H3/q6*+1. The normalized spacial score (nSPS) is 11.3. The number of nitrogens with zero attached hydrogens (tertiary/aromatic N) is 6. The number of pyridine rings is 6. The lowest BCUT2D eigenvalue weighted by atomic mass is 9.91. The van der Waals surface area contributed by atoms with E-state index in [9.17, 15) is 13.2 Å². The minimum absolute atomic E-state index is 0.115. The third-order valence-corrected chi connectivity index (χ3v) is 28.7. The molecule has 6 heterocycles.